The molecule has 0 radical (unpaired) electrons. The predicted octanol–water partition coefficient (Wildman–Crippen LogP) is 3.44. The van der Waals surface area contributed by atoms with E-state index in [1.54, 1.807) is 0 Å². The smallest absolute Gasteiger partial charge is 0.0656 e. The lowest BCUT2D eigenvalue weighted by Crippen LogP contribution is -1.99. The van der Waals surface area contributed by atoms with Gasteiger partial charge in [0, 0.05) is 5.69 Å². The Bertz CT molecular complexity index is 254. The van der Waals surface area contributed by atoms with E-state index < -0.39 is 0 Å². The molecular weight excluding hydrogens is 172 g/mol. The SMILES string of the molecule is CCCC(C)c1c(CC)n[nH]c1CC. The molecular formula is C12H22N2. The van der Waals surface area contributed by atoms with Crippen molar-refractivity contribution in [2.45, 2.75) is 59.3 Å². The fourth-order valence-corrected chi connectivity index (χ4v) is 2.13. The van der Waals surface area contributed by atoms with E-state index in [0.717, 1.165) is 12.8 Å². The van der Waals surface area contributed by atoms with Crippen LogP contribution in [0.3, 0.4) is 0 Å². The molecule has 0 aliphatic rings. The Morgan fingerprint density at radius 3 is 2.43 bits per heavy atom. The first-order chi connectivity index (χ1) is 6.74. The number of rotatable bonds is 5. The van der Waals surface area contributed by atoms with Gasteiger partial charge in [0.15, 0.2) is 0 Å². The zero-order valence-corrected chi connectivity index (χ0v) is 9.85. The van der Waals surface area contributed by atoms with E-state index in [2.05, 4.69) is 37.9 Å². The van der Waals surface area contributed by atoms with Crippen LogP contribution >= 0.6 is 0 Å². The van der Waals surface area contributed by atoms with Crippen molar-refractivity contribution < 1.29 is 0 Å². The zero-order valence-electron chi connectivity index (χ0n) is 9.85. The molecule has 0 aromatic carbocycles. The predicted molar refractivity (Wildman–Crippen MR) is 60.7 cm³/mol. The van der Waals surface area contributed by atoms with Crippen LogP contribution in [0.4, 0.5) is 0 Å². The van der Waals surface area contributed by atoms with Crippen molar-refractivity contribution >= 4 is 0 Å². The summed E-state index contributed by atoms with van der Waals surface area (Å²) < 4.78 is 0. The summed E-state index contributed by atoms with van der Waals surface area (Å²) in [6, 6.07) is 0. The highest BCUT2D eigenvalue weighted by Crippen LogP contribution is 2.26. The van der Waals surface area contributed by atoms with Crippen LogP contribution in [0.25, 0.3) is 0 Å². The normalized spacial score (nSPS) is 13.1. The lowest BCUT2D eigenvalue weighted by molar-refractivity contribution is 0.653. The molecule has 14 heavy (non-hydrogen) atoms. The molecule has 1 heterocycles. The van der Waals surface area contributed by atoms with E-state index in [-0.39, 0.29) is 0 Å². The minimum Gasteiger partial charge on any atom is -0.282 e. The van der Waals surface area contributed by atoms with E-state index in [4.69, 9.17) is 0 Å². The third kappa shape index (κ3) is 2.17. The summed E-state index contributed by atoms with van der Waals surface area (Å²) in [6.07, 6.45) is 4.62. The Balaban J connectivity index is 2.95. The number of aromatic nitrogens is 2. The van der Waals surface area contributed by atoms with Crippen LogP contribution in [0.15, 0.2) is 0 Å². The van der Waals surface area contributed by atoms with Crippen molar-refractivity contribution in [3.63, 3.8) is 0 Å². The van der Waals surface area contributed by atoms with Gasteiger partial charge in [-0.25, -0.2) is 0 Å². The largest absolute Gasteiger partial charge is 0.282 e. The minimum atomic E-state index is 0.656. The van der Waals surface area contributed by atoms with E-state index in [9.17, 15) is 0 Å². The topological polar surface area (TPSA) is 28.7 Å². The van der Waals surface area contributed by atoms with Gasteiger partial charge in [0.05, 0.1) is 5.69 Å². The van der Waals surface area contributed by atoms with Gasteiger partial charge >= 0.3 is 0 Å². The van der Waals surface area contributed by atoms with Gasteiger partial charge in [-0.2, -0.15) is 5.10 Å². The van der Waals surface area contributed by atoms with Crippen molar-refractivity contribution in [2.24, 2.45) is 0 Å². The van der Waals surface area contributed by atoms with Gasteiger partial charge in [0.2, 0.25) is 0 Å². The number of aromatic amines is 1. The minimum absolute atomic E-state index is 0.656. The summed E-state index contributed by atoms with van der Waals surface area (Å²) in [4.78, 5) is 0. The highest BCUT2D eigenvalue weighted by molar-refractivity contribution is 5.29. The fraction of sp³-hybridized carbons (Fsp3) is 0.750. The quantitative estimate of drug-likeness (QED) is 0.764. The molecule has 0 amide bonds. The number of aryl methyl sites for hydroxylation is 2. The second-order valence-electron chi connectivity index (χ2n) is 3.96. The van der Waals surface area contributed by atoms with E-state index >= 15 is 0 Å². The highest BCUT2D eigenvalue weighted by atomic mass is 15.1. The van der Waals surface area contributed by atoms with Crippen molar-refractivity contribution in [1.29, 1.82) is 0 Å². The van der Waals surface area contributed by atoms with Gasteiger partial charge in [0.1, 0.15) is 0 Å². The van der Waals surface area contributed by atoms with Gasteiger partial charge < -0.3 is 0 Å². The molecule has 1 N–H and O–H groups in total. The zero-order chi connectivity index (χ0) is 10.6. The van der Waals surface area contributed by atoms with Crippen LogP contribution in [0, 0.1) is 0 Å². The van der Waals surface area contributed by atoms with Gasteiger partial charge in [0.25, 0.3) is 0 Å². The molecule has 0 spiro atoms. The van der Waals surface area contributed by atoms with Gasteiger partial charge in [-0.05, 0) is 30.7 Å². The Labute approximate surface area is 87.1 Å². The van der Waals surface area contributed by atoms with Crippen LogP contribution in [0.2, 0.25) is 0 Å². The Morgan fingerprint density at radius 2 is 1.93 bits per heavy atom. The fourth-order valence-electron chi connectivity index (χ4n) is 2.13. The van der Waals surface area contributed by atoms with Crippen LogP contribution < -0.4 is 0 Å². The average molecular weight is 194 g/mol. The van der Waals surface area contributed by atoms with E-state index in [0.29, 0.717) is 5.92 Å². The molecule has 0 saturated heterocycles. The molecule has 0 fully saturated rings. The number of hydrogen-bond donors (Lipinski definition) is 1. The molecule has 0 aliphatic carbocycles. The van der Waals surface area contributed by atoms with Crippen LogP contribution in [-0.4, -0.2) is 10.2 Å². The van der Waals surface area contributed by atoms with Gasteiger partial charge in [-0.1, -0.05) is 34.1 Å². The summed E-state index contributed by atoms with van der Waals surface area (Å²) >= 11 is 0. The third-order valence-electron chi connectivity index (χ3n) is 2.86. The molecule has 0 saturated carbocycles. The first kappa shape index (κ1) is 11.3. The summed E-state index contributed by atoms with van der Waals surface area (Å²) in [5, 5.41) is 7.55. The first-order valence-electron chi connectivity index (χ1n) is 5.80. The summed E-state index contributed by atoms with van der Waals surface area (Å²) in [7, 11) is 0. The second kappa shape index (κ2) is 5.18. The summed E-state index contributed by atoms with van der Waals surface area (Å²) in [6.45, 7) is 8.92. The van der Waals surface area contributed by atoms with Gasteiger partial charge in [-0.3, -0.25) is 5.10 Å². The molecule has 80 valence electrons. The Kier molecular flexibility index (Phi) is 4.18. The van der Waals surface area contributed by atoms with Crippen molar-refractivity contribution in [1.82, 2.24) is 10.2 Å². The lowest BCUT2D eigenvalue weighted by Gasteiger charge is -2.11. The standard InChI is InChI=1S/C12H22N2/c1-5-8-9(4)12-10(6-2)13-14-11(12)7-3/h9H,5-8H2,1-4H3,(H,13,14). The maximum atomic E-state index is 4.38. The monoisotopic (exact) mass is 194 g/mol. The highest BCUT2D eigenvalue weighted by Gasteiger charge is 2.15. The Morgan fingerprint density at radius 1 is 1.21 bits per heavy atom. The molecule has 1 rings (SSSR count). The number of nitrogens with zero attached hydrogens (tertiary/aromatic N) is 1. The molecule has 2 heteroatoms. The molecule has 1 atom stereocenters. The first-order valence-corrected chi connectivity index (χ1v) is 5.80. The van der Waals surface area contributed by atoms with Crippen LogP contribution in [0.5, 0.6) is 0 Å². The summed E-state index contributed by atoms with van der Waals surface area (Å²) in [5.74, 6) is 0.656. The van der Waals surface area contributed by atoms with E-state index in [1.807, 2.05) is 0 Å². The Hall–Kier alpha value is -0.790. The van der Waals surface area contributed by atoms with Gasteiger partial charge in [-0.15, -0.1) is 0 Å². The molecule has 0 bridgehead atoms. The van der Waals surface area contributed by atoms with Crippen molar-refractivity contribution in [3.05, 3.63) is 17.0 Å². The molecule has 0 aliphatic heterocycles. The maximum Gasteiger partial charge on any atom is 0.0656 e. The van der Waals surface area contributed by atoms with Crippen LogP contribution in [0.1, 0.15) is 63.4 Å². The molecule has 1 aromatic rings. The third-order valence-corrected chi connectivity index (χ3v) is 2.86. The molecule has 2 nitrogen and oxygen atoms in total. The lowest BCUT2D eigenvalue weighted by atomic mass is 9.93. The van der Waals surface area contributed by atoms with Crippen LogP contribution in [-0.2, 0) is 12.8 Å². The van der Waals surface area contributed by atoms with Crippen molar-refractivity contribution in [2.75, 3.05) is 0 Å². The second-order valence-corrected chi connectivity index (χ2v) is 3.96. The molecule has 1 aromatic heterocycles. The average Bonchev–Trinajstić information content (AvgIpc) is 2.60. The number of hydrogen-bond acceptors (Lipinski definition) is 1. The number of nitrogens with one attached hydrogen (secondary N) is 1. The number of H-pyrrole nitrogens is 1. The molecule has 1 unspecified atom stereocenters. The summed E-state index contributed by atoms with van der Waals surface area (Å²) in [5.41, 5.74) is 4.09. The maximum absolute atomic E-state index is 4.38. The van der Waals surface area contributed by atoms with E-state index in [1.165, 1.54) is 29.8 Å². The van der Waals surface area contributed by atoms with Crippen molar-refractivity contribution in [3.8, 4) is 0 Å².